The van der Waals surface area contributed by atoms with Crippen molar-refractivity contribution in [2.45, 2.75) is 20.3 Å². The van der Waals surface area contributed by atoms with E-state index in [9.17, 15) is 9.59 Å². The molecule has 2 aromatic carbocycles. The lowest BCUT2D eigenvalue weighted by molar-refractivity contribution is -0.124. The Balaban J connectivity index is 1.38. The van der Waals surface area contributed by atoms with Crippen LogP contribution < -0.4 is 15.4 Å². The van der Waals surface area contributed by atoms with Crippen LogP contribution in [-0.4, -0.2) is 34.7 Å². The first-order valence-electron chi connectivity index (χ1n) is 9.37. The fraction of sp³-hybridized carbons (Fsp3) is 0.227. The number of aromatic nitrogens is 2. The molecule has 0 aliphatic heterocycles. The average molecular weight is 392 g/mol. The number of aryl methyl sites for hydroxylation is 2. The van der Waals surface area contributed by atoms with Gasteiger partial charge in [-0.1, -0.05) is 6.07 Å². The molecule has 0 aliphatic carbocycles. The molecule has 0 saturated carbocycles. The van der Waals surface area contributed by atoms with Crippen molar-refractivity contribution in [3.8, 4) is 11.4 Å². The highest BCUT2D eigenvalue weighted by Gasteiger charge is 2.07. The maximum absolute atomic E-state index is 12.0. The Morgan fingerprint density at radius 1 is 1.03 bits per heavy atom. The lowest BCUT2D eigenvalue weighted by Crippen LogP contribution is -2.33. The SMILES string of the molecule is Cc1cc(C)cc(OCCC(=O)NCC(=O)Nc2ccc(-n3cccn3)cc2)c1. The van der Waals surface area contributed by atoms with Crippen LogP contribution in [-0.2, 0) is 9.59 Å². The van der Waals surface area contributed by atoms with Crippen LogP contribution in [0.25, 0.3) is 5.69 Å². The van der Waals surface area contributed by atoms with Crippen molar-refractivity contribution in [2.75, 3.05) is 18.5 Å². The summed E-state index contributed by atoms with van der Waals surface area (Å²) in [4.78, 5) is 23.9. The number of carbonyl (C=O) groups excluding carboxylic acids is 2. The Bertz CT molecular complexity index is 946. The number of hydrogen-bond acceptors (Lipinski definition) is 4. The van der Waals surface area contributed by atoms with Gasteiger partial charge in [0.15, 0.2) is 0 Å². The van der Waals surface area contributed by atoms with Gasteiger partial charge in [-0.25, -0.2) is 4.68 Å². The van der Waals surface area contributed by atoms with E-state index in [1.807, 2.05) is 50.4 Å². The van der Waals surface area contributed by atoms with E-state index in [-0.39, 0.29) is 31.4 Å². The molecule has 3 rings (SSSR count). The summed E-state index contributed by atoms with van der Waals surface area (Å²) in [6.07, 6.45) is 3.72. The Kier molecular flexibility index (Phi) is 6.63. The molecule has 150 valence electrons. The lowest BCUT2D eigenvalue weighted by Gasteiger charge is -2.09. The van der Waals surface area contributed by atoms with E-state index in [4.69, 9.17) is 4.74 Å². The number of amides is 2. The van der Waals surface area contributed by atoms with Crippen molar-refractivity contribution in [3.05, 3.63) is 72.1 Å². The molecule has 0 saturated heterocycles. The zero-order valence-corrected chi connectivity index (χ0v) is 16.5. The van der Waals surface area contributed by atoms with Gasteiger partial charge in [0.05, 0.1) is 25.3 Å². The van der Waals surface area contributed by atoms with Gasteiger partial charge in [-0.05, 0) is 67.4 Å². The third kappa shape index (κ3) is 6.21. The van der Waals surface area contributed by atoms with Crippen molar-refractivity contribution >= 4 is 17.5 Å². The Hall–Kier alpha value is -3.61. The van der Waals surface area contributed by atoms with Crippen LogP contribution >= 0.6 is 0 Å². The van der Waals surface area contributed by atoms with Gasteiger partial charge in [-0.2, -0.15) is 5.10 Å². The molecule has 0 spiro atoms. The van der Waals surface area contributed by atoms with Crippen LogP contribution in [0.2, 0.25) is 0 Å². The second-order valence-corrected chi connectivity index (χ2v) is 6.74. The molecule has 0 fully saturated rings. The van der Waals surface area contributed by atoms with Crippen molar-refractivity contribution in [3.63, 3.8) is 0 Å². The first kappa shape index (κ1) is 20.1. The molecule has 2 amide bonds. The maximum atomic E-state index is 12.0. The minimum absolute atomic E-state index is 0.0940. The topological polar surface area (TPSA) is 85.2 Å². The summed E-state index contributed by atoms with van der Waals surface area (Å²) >= 11 is 0. The number of benzene rings is 2. The summed E-state index contributed by atoms with van der Waals surface area (Å²) in [6.45, 7) is 4.15. The molecule has 0 radical (unpaired) electrons. The predicted molar refractivity (Wildman–Crippen MR) is 111 cm³/mol. The zero-order valence-electron chi connectivity index (χ0n) is 16.5. The number of ether oxygens (including phenoxy) is 1. The van der Waals surface area contributed by atoms with E-state index in [1.54, 1.807) is 23.0 Å². The van der Waals surface area contributed by atoms with E-state index in [0.717, 1.165) is 22.6 Å². The van der Waals surface area contributed by atoms with Crippen LogP contribution in [0.4, 0.5) is 5.69 Å². The average Bonchev–Trinajstić information content (AvgIpc) is 3.21. The van der Waals surface area contributed by atoms with Crippen molar-refractivity contribution < 1.29 is 14.3 Å². The molecule has 29 heavy (non-hydrogen) atoms. The zero-order chi connectivity index (χ0) is 20.6. The van der Waals surface area contributed by atoms with Crippen molar-refractivity contribution in [1.29, 1.82) is 0 Å². The van der Waals surface area contributed by atoms with E-state index in [2.05, 4.69) is 21.8 Å². The van der Waals surface area contributed by atoms with Gasteiger partial charge in [-0.15, -0.1) is 0 Å². The minimum atomic E-state index is -0.291. The quantitative estimate of drug-likeness (QED) is 0.617. The molecular formula is C22H24N4O3. The fourth-order valence-electron chi connectivity index (χ4n) is 2.87. The summed E-state index contributed by atoms with van der Waals surface area (Å²) in [5.41, 5.74) is 3.76. The Morgan fingerprint density at radius 3 is 2.41 bits per heavy atom. The van der Waals surface area contributed by atoms with Crippen molar-refractivity contribution in [2.24, 2.45) is 0 Å². The summed E-state index contributed by atoms with van der Waals surface area (Å²) in [6, 6.07) is 15.0. The van der Waals surface area contributed by atoms with Gasteiger partial charge < -0.3 is 15.4 Å². The van der Waals surface area contributed by atoms with Crippen molar-refractivity contribution in [1.82, 2.24) is 15.1 Å². The third-order valence-corrected chi connectivity index (χ3v) is 4.16. The summed E-state index contributed by atoms with van der Waals surface area (Å²) < 4.78 is 7.34. The maximum Gasteiger partial charge on any atom is 0.243 e. The molecule has 1 aromatic heterocycles. The van der Waals surface area contributed by atoms with Gasteiger partial charge >= 0.3 is 0 Å². The third-order valence-electron chi connectivity index (χ3n) is 4.16. The number of carbonyl (C=O) groups is 2. The summed E-state index contributed by atoms with van der Waals surface area (Å²) in [5, 5.41) is 9.50. The number of nitrogens with one attached hydrogen (secondary N) is 2. The molecule has 0 unspecified atom stereocenters. The molecule has 1 heterocycles. The van der Waals surface area contributed by atoms with Crippen LogP contribution in [0.15, 0.2) is 60.9 Å². The van der Waals surface area contributed by atoms with Crippen LogP contribution in [0.1, 0.15) is 17.5 Å². The van der Waals surface area contributed by atoms with Gasteiger partial charge in [0, 0.05) is 18.1 Å². The van der Waals surface area contributed by atoms with E-state index < -0.39 is 0 Å². The molecule has 7 heteroatoms. The van der Waals surface area contributed by atoms with Gasteiger partial charge in [-0.3, -0.25) is 9.59 Å². The number of anilines is 1. The largest absolute Gasteiger partial charge is 0.493 e. The molecule has 0 aliphatic rings. The van der Waals surface area contributed by atoms with E-state index >= 15 is 0 Å². The number of nitrogens with zero attached hydrogens (tertiary/aromatic N) is 2. The minimum Gasteiger partial charge on any atom is -0.493 e. The Labute approximate surface area is 169 Å². The molecular weight excluding hydrogens is 368 g/mol. The van der Waals surface area contributed by atoms with Crippen LogP contribution in [0.5, 0.6) is 5.75 Å². The van der Waals surface area contributed by atoms with E-state index in [0.29, 0.717) is 5.69 Å². The number of hydrogen-bond donors (Lipinski definition) is 2. The highest BCUT2D eigenvalue weighted by atomic mass is 16.5. The molecule has 2 N–H and O–H groups in total. The second-order valence-electron chi connectivity index (χ2n) is 6.74. The number of rotatable bonds is 8. The van der Waals surface area contributed by atoms with E-state index in [1.165, 1.54) is 0 Å². The first-order valence-corrected chi connectivity index (χ1v) is 9.37. The molecule has 0 bridgehead atoms. The van der Waals surface area contributed by atoms with Gasteiger partial charge in [0.2, 0.25) is 11.8 Å². The molecule has 7 nitrogen and oxygen atoms in total. The standard InChI is InChI=1S/C22H24N4O3/c1-16-12-17(2)14-20(13-16)29-11-8-21(27)23-15-22(28)25-18-4-6-19(7-5-18)26-10-3-9-24-26/h3-7,9-10,12-14H,8,11,15H2,1-2H3,(H,23,27)(H,25,28). The summed E-state index contributed by atoms with van der Waals surface area (Å²) in [5.74, 6) is 0.213. The Morgan fingerprint density at radius 2 is 1.76 bits per heavy atom. The normalized spacial score (nSPS) is 10.4. The summed E-state index contributed by atoms with van der Waals surface area (Å²) in [7, 11) is 0. The van der Waals surface area contributed by atoms with Gasteiger partial charge in [0.25, 0.3) is 0 Å². The van der Waals surface area contributed by atoms with Crippen LogP contribution in [0, 0.1) is 13.8 Å². The predicted octanol–water partition coefficient (Wildman–Crippen LogP) is 3.01. The highest BCUT2D eigenvalue weighted by Crippen LogP contribution is 2.16. The van der Waals surface area contributed by atoms with Gasteiger partial charge in [0.1, 0.15) is 5.75 Å². The first-order chi connectivity index (χ1) is 14.0. The molecule has 3 aromatic rings. The van der Waals surface area contributed by atoms with Crippen LogP contribution in [0.3, 0.4) is 0 Å². The lowest BCUT2D eigenvalue weighted by atomic mass is 10.1. The highest BCUT2D eigenvalue weighted by molar-refractivity contribution is 5.94. The fourth-order valence-corrected chi connectivity index (χ4v) is 2.87. The molecule has 0 atom stereocenters. The monoisotopic (exact) mass is 392 g/mol. The smallest absolute Gasteiger partial charge is 0.243 e. The second kappa shape index (κ2) is 9.54.